The molecule has 0 aromatic rings. The second kappa shape index (κ2) is 12.5. The molecule has 0 aromatic heterocycles. The average Bonchev–Trinajstić information content (AvgIpc) is 2.88. The molecular weight excluding hydrogens is 812 g/mol. The van der Waals surface area contributed by atoms with Crippen LogP contribution in [0, 0.1) is 0 Å². The summed E-state index contributed by atoms with van der Waals surface area (Å²) in [6, 6.07) is 0. The van der Waals surface area contributed by atoms with Gasteiger partial charge < -0.3 is 4.90 Å². The van der Waals surface area contributed by atoms with Crippen molar-refractivity contribution in [3.63, 3.8) is 0 Å². The lowest BCUT2D eigenvalue weighted by atomic mass is 9.89. The smallest absolute Gasteiger partial charge is 0.306 e. The van der Waals surface area contributed by atoms with Crippen molar-refractivity contribution >= 4 is 0 Å². The van der Waals surface area contributed by atoms with Gasteiger partial charge in [0.2, 0.25) is 0 Å². The second-order valence-corrected chi connectivity index (χ2v) is 9.95. The molecule has 0 spiro atoms. The van der Waals surface area contributed by atoms with Crippen molar-refractivity contribution in [2.75, 3.05) is 20.1 Å². The van der Waals surface area contributed by atoms with Crippen molar-refractivity contribution in [3.8, 4) is 0 Å². The van der Waals surface area contributed by atoms with Gasteiger partial charge in [-0.05, 0) is 7.05 Å². The molecule has 1 nitrogen and oxygen atoms in total. The minimum Gasteiger partial charge on any atom is -0.306 e. The molecule has 0 unspecified atom stereocenters. The molecule has 0 heterocycles. The monoisotopic (exact) mass is 823 g/mol. The first kappa shape index (κ1) is 47.9. The summed E-state index contributed by atoms with van der Waals surface area (Å²) in [5.41, 5.74) is 0. The van der Waals surface area contributed by atoms with Crippen molar-refractivity contribution in [3.05, 3.63) is 0 Å². The van der Waals surface area contributed by atoms with Crippen LogP contribution in [-0.4, -0.2) is 108 Å². The van der Waals surface area contributed by atoms with Crippen LogP contribution in [0.4, 0.5) is 132 Å². The third-order valence-electron chi connectivity index (χ3n) is 6.40. The van der Waals surface area contributed by atoms with Crippen molar-refractivity contribution in [2.24, 2.45) is 0 Å². The molecule has 0 fully saturated rings. The van der Waals surface area contributed by atoms with E-state index in [1.54, 1.807) is 0 Å². The van der Waals surface area contributed by atoms with E-state index in [0.29, 0.717) is 0 Å². The SMILES string of the molecule is CN(CCC(F)(F)C(F)(F)C(F)(F)C(F)(F)C(F)(F)C(F)(F)C(F)(F)F)CCC(F)(F)C(F)(F)C(F)(F)C(F)(F)C(F)(F)C(F)(F)C(F)(F)F. The van der Waals surface area contributed by atoms with Crippen LogP contribution in [0.15, 0.2) is 0 Å². The highest BCUT2D eigenvalue weighted by molar-refractivity contribution is 5.14. The van der Waals surface area contributed by atoms with Gasteiger partial charge in [-0.2, -0.15) is 132 Å². The predicted molar refractivity (Wildman–Crippen MR) is 98.2 cm³/mol. The molecule has 302 valence electrons. The number of halogens is 30. The Labute approximate surface area is 254 Å². The molecule has 0 saturated heterocycles. The zero-order valence-corrected chi connectivity index (χ0v) is 22.6. The van der Waals surface area contributed by atoms with E-state index in [-0.39, 0.29) is 7.05 Å². The molecule has 0 bridgehead atoms. The van der Waals surface area contributed by atoms with Gasteiger partial charge >= 0.3 is 83.4 Å². The largest absolute Gasteiger partial charge is 0.460 e. The van der Waals surface area contributed by atoms with Crippen LogP contribution >= 0.6 is 0 Å². The molecule has 0 aromatic carbocycles. The number of nitrogens with zero attached hydrogens (tertiary/aromatic N) is 1. The topological polar surface area (TPSA) is 3.24 Å². The highest BCUT2D eigenvalue weighted by Crippen LogP contribution is 2.64. The normalized spacial score (nSPS) is 16.8. The van der Waals surface area contributed by atoms with Crippen LogP contribution < -0.4 is 0 Å². The van der Waals surface area contributed by atoms with Gasteiger partial charge in [-0.15, -0.1) is 0 Å². The van der Waals surface area contributed by atoms with Crippen LogP contribution in [0.25, 0.3) is 0 Å². The molecule has 0 rings (SSSR count). The maximum atomic E-state index is 13.8. The first-order valence-corrected chi connectivity index (χ1v) is 11.5. The number of hydrogen-bond acceptors (Lipinski definition) is 1. The Kier molecular flexibility index (Phi) is 11.9. The number of rotatable bonds is 16. The van der Waals surface area contributed by atoms with E-state index in [4.69, 9.17) is 0 Å². The van der Waals surface area contributed by atoms with Gasteiger partial charge in [0.05, 0.1) is 0 Å². The summed E-state index contributed by atoms with van der Waals surface area (Å²) in [5.74, 6) is -99.1. The Morgan fingerprint density at radius 1 is 0.260 bits per heavy atom. The maximum Gasteiger partial charge on any atom is 0.460 e. The second-order valence-electron chi connectivity index (χ2n) is 9.95. The van der Waals surface area contributed by atoms with Gasteiger partial charge in [0.15, 0.2) is 0 Å². The van der Waals surface area contributed by atoms with Gasteiger partial charge in [-0.25, -0.2) is 0 Å². The lowest BCUT2D eigenvalue weighted by Crippen LogP contribution is -2.72. The van der Waals surface area contributed by atoms with Crippen LogP contribution in [0.1, 0.15) is 12.8 Å². The van der Waals surface area contributed by atoms with E-state index < -0.39 is 114 Å². The summed E-state index contributed by atoms with van der Waals surface area (Å²) in [7, 11) is -0.141. The average molecular weight is 823 g/mol. The van der Waals surface area contributed by atoms with Crippen molar-refractivity contribution in [1.29, 1.82) is 0 Å². The fraction of sp³-hybridized carbons (Fsp3) is 1.00. The van der Waals surface area contributed by atoms with Crippen LogP contribution in [0.3, 0.4) is 0 Å². The standard InChI is InChI=1S/C19H11F30N/c1-50(4-2-6(20,21)8(24,25)10(28,29)12(32,33)14(36,37)16(40,41)18(44,45)46)5-3-7(22,23)9(26,27)11(30,31)13(34,35)15(38,39)17(42,43)19(47,48)49/h2-5H2,1H3. The summed E-state index contributed by atoms with van der Waals surface area (Å²) >= 11 is 0. The quantitative estimate of drug-likeness (QED) is 0.140. The predicted octanol–water partition coefficient (Wildman–Crippen LogP) is 10.4. The Morgan fingerprint density at radius 3 is 0.600 bits per heavy atom. The molecule has 0 N–H and O–H groups in total. The zero-order chi connectivity index (χ0) is 41.4. The molecule has 31 heteroatoms. The third-order valence-corrected chi connectivity index (χ3v) is 6.40. The van der Waals surface area contributed by atoms with Gasteiger partial charge in [0, 0.05) is 25.9 Å². The maximum absolute atomic E-state index is 13.8. The summed E-state index contributed by atoms with van der Waals surface area (Å²) < 4.78 is 395. The van der Waals surface area contributed by atoms with Gasteiger partial charge in [0.1, 0.15) is 0 Å². The van der Waals surface area contributed by atoms with E-state index in [2.05, 4.69) is 0 Å². The number of alkyl halides is 30. The van der Waals surface area contributed by atoms with Crippen molar-refractivity contribution in [1.82, 2.24) is 4.90 Å². The summed E-state index contributed by atoms with van der Waals surface area (Å²) in [6.45, 7) is -4.91. The minimum absolute atomic E-state index is 0.141. The highest BCUT2D eigenvalue weighted by Gasteiger charge is 2.94. The molecular formula is C19H11F30N. The molecule has 0 aliphatic rings. The van der Waals surface area contributed by atoms with E-state index in [1.165, 1.54) is 0 Å². The molecule has 0 radical (unpaired) electrons. The van der Waals surface area contributed by atoms with Crippen LogP contribution in [-0.2, 0) is 0 Å². The third kappa shape index (κ3) is 6.64. The lowest BCUT2D eigenvalue weighted by molar-refractivity contribution is -0.452. The van der Waals surface area contributed by atoms with Crippen LogP contribution in [0.5, 0.6) is 0 Å². The first-order chi connectivity index (χ1) is 21.1. The molecule has 0 aliphatic carbocycles. The summed E-state index contributed by atoms with van der Waals surface area (Å²) in [5, 5.41) is 0. The lowest BCUT2D eigenvalue weighted by Gasteiger charge is -2.42. The van der Waals surface area contributed by atoms with E-state index in [1.807, 2.05) is 0 Å². The molecule has 0 atom stereocenters. The first-order valence-electron chi connectivity index (χ1n) is 11.5. The van der Waals surface area contributed by atoms with Crippen molar-refractivity contribution < 1.29 is 132 Å². The summed E-state index contributed by atoms with van der Waals surface area (Å²) in [6.07, 6.45) is -22.6. The van der Waals surface area contributed by atoms with E-state index in [0.717, 1.165) is 0 Å². The Morgan fingerprint density at radius 2 is 0.420 bits per heavy atom. The Balaban J connectivity index is 6.27. The Hall–Kier alpha value is -2.14. The van der Waals surface area contributed by atoms with Gasteiger partial charge in [0.25, 0.3) is 0 Å². The zero-order valence-electron chi connectivity index (χ0n) is 22.6. The van der Waals surface area contributed by atoms with Crippen LogP contribution in [0.2, 0.25) is 0 Å². The minimum atomic E-state index is -8.75. The fourth-order valence-electron chi connectivity index (χ4n) is 3.09. The van der Waals surface area contributed by atoms with E-state index >= 15 is 0 Å². The molecule has 0 amide bonds. The highest BCUT2D eigenvalue weighted by atomic mass is 19.4. The Bertz CT molecular complexity index is 1080. The molecule has 0 aliphatic heterocycles. The van der Waals surface area contributed by atoms with E-state index in [9.17, 15) is 132 Å². The molecule has 0 saturated carbocycles. The molecule has 50 heavy (non-hydrogen) atoms. The van der Waals surface area contributed by atoms with Gasteiger partial charge in [-0.3, -0.25) is 0 Å². The summed E-state index contributed by atoms with van der Waals surface area (Å²) in [4.78, 5) is -0.681. The van der Waals surface area contributed by atoms with Gasteiger partial charge in [-0.1, -0.05) is 0 Å². The van der Waals surface area contributed by atoms with Crippen molar-refractivity contribution in [2.45, 2.75) is 96.3 Å². The number of hydrogen-bond donors (Lipinski definition) is 0. The fourth-order valence-corrected chi connectivity index (χ4v) is 3.09.